The maximum absolute atomic E-state index is 13.2. The van der Waals surface area contributed by atoms with E-state index in [1.54, 1.807) is 0 Å². The van der Waals surface area contributed by atoms with E-state index in [2.05, 4.69) is 53.3 Å². The molecule has 0 atom stereocenters. The molecule has 0 radical (unpaired) electrons. The minimum Gasteiger partial charge on any atom is -0.340 e. The van der Waals surface area contributed by atoms with Crippen molar-refractivity contribution in [1.82, 2.24) is 19.4 Å². The fourth-order valence-corrected chi connectivity index (χ4v) is 5.79. The molecule has 4 rings (SSSR count). The van der Waals surface area contributed by atoms with E-state index < -0.39 is 0 Å². The summed E-state index contributed by atoms with van der Waals surface area (Å²) in [6, 6.07) is 6.98. The van der Waals surface area contributed by atoms with Gasteiger partial charge in [0.1, 0.15) is 5.82 Å². The summed E-state index contributed by atoms with van der Waals surface area (Å²) in [7, 11) is 0. The Labute approximate surface area is 194 Å². The Morgan fingerprint density at radius 1 is 1.09 bits per heavy atom. The second-order valence-electron chi connectivity index (χ2n) is 10.0. The summed E-state index contributed by atoms with van der Waals surface area (Å²) in [6.07, 6.45) is 10.6. The monoisotopic (exact) mass is 438 g/mol. The molecule has 0 N–H and O–H groups in total. The first-order valence-electron chi connectivity index (χ1n) is 13.1. The third-order valence-corrected chi connectivity index (χ3v) is 7.86. The molecule has 1 aromatic heterocycles. The first kappa shape index (κ1) is 23.3. The molecular weight excluding hydrogens is 396 g/mol. The van der Waals surface area contributed by atoms with Crippen molar-refractivity contribution in [3.05, 3.63) is 29.6 Å². The first-order chi connectivity index (χ1) is 15.6. The molecule has 176 valence electrons. The number of hydrogen-bond acceptors (Lipinski definition) is 3. The molecule has 2 aliphatic rings. The zero-order chi connectivity index (χ0) is 22.5. The number of fused-ring (bicyclic) bond motifs is 1. The number of amides is 1. The summed E-state index contributed by atoms with van der Waals surface area (Å²) in [5.41, 5.74) is 3.47. The molecule has 1 amide bonds. The molecule has 0 bridgehead atoms. The van der Waals surface area contributed by atoms with E-state index in [0.717, 1.165) is 50.0 Å². The molecule has 1 aliphatic heterocycles. The highest BCUT2D eigenvalue weighted by Crippen LogP contribution is 2.25. The zero-order valence-corrected chi connectivity index (χ0v) is 20.5. The third kappa shape index (κ3) is 5.36. The number of rotatable bonds is 8. The van der Waals surface area contributed by atoms with Crippen LogP contribution in [-0.4, -0.2) is 50.9 Å². The van der Waals surface area contributed by atoms with Crippen LogP contribution in [0.15, 0.2) is 18.2 Å². The highest BCUT2D eigenvalue weighted by atomic mass is 16.2. The third-order valence-electron chi connectivity index (χ3n) is 7.86. The number of hydrogen-bond donors (Lipinski definition) is 0. The van der Waals surface area contributed by atoms with E-state index in [-0.39, 0.29) is 0 Å². The maximum Gasteiger partial charge on any atom is 0.224 e. The molecule has 2 heterocycles. The van der Waals surface area contributed by atoms with Gasteiger partial charge >= 0.3 is 0 Å². The largest absolute Gasteiger partial charge is 0.340 e. The van der Waals surface area contributed by atoms with Crippen LogP contribution >= 0.6 is 0 Å². The Kier molecular flexibility index (Phi) is 7.88. The Bertz CT molecular complexity index is 890. The van der Waals surface area contributed by atoms with Crippen molar-refractivity contribution in [2.24, 2.45) is 5.92 Å². The summed E-state index contributed by atoms with van der Waals surface area (Å²) < 4.78 is 2.33. The smallest absolute Gasteiger partial charge is 0.224 e. The maximum atomic E-state index is 13.2. The number of nitrogens with zero attached hydrogens (tertiary/aromatic N) is 4. The number of aromatic nitrogens is 2. The molecule has 0 unspecified atom stereocenters. The average Bonchev–Trinajstić information content (AvgIpc) is 3.15. The number of likely N-dealkylation sites (tertiary alicyclic amines) is 1. The van der Waals surface area contributed by atoms with Crippen molar-refractivity contribution in [3.63, 3.8) is 0 Å². The fourth-order valence-electron chi connectivity index (χ4n) is 5.79. The van der Waals surface area contributed by atoms with Gasteiger partial charge in [0.2, 0.25) is 5.91 Å². The van der Waals surface area contributed by atoms with Crippen LogP contribution in [0.5, 0.6) is 0 Å². The molecule has 1 aromatic carbocycles. The van der Waals surface area contributed by atoms with Gasteiger partial charge in [-0.2, -0.15) is 0 Å². The number of aryl methyl sites for hydroxylation is 2. The molecule has 5 heteroatoms. The number of piperidine rings is 1. The minimum atomic E-state index is 0.308. The highest BCUT2D eigenvalue weighted by Gasteiger charge is 2.25. The summed E-state index contributed by atoms with van der Waals surface area (Å²) in [5.74, 6) is 2.31. The van der Waals surface area contributed by atoms with E-state index in [9.17, 15) is 4.79 Å². The van der Waals surface area contributed by atoms with Gasteiger partial charge in [0.05, 0.1) is 17.6 Å². The van der Waals surface area contributed by atoms with Crippen molar-refractivity contribution in [1.29, 1.82) is 0 Å². The van der Waals surface area contributed by atoms with E-state index in [4.69, 9.17) is 4.98 Å². The average molecular weight is 439 g/mol. The van der Waals surface area contributed by atoms with Gasteiger partial charge in [-0.1, -0.05) is 38.7 Å². The lowest BCUT2D eigenvalue weighted by Gasteiger charge is -2.34. The summed E-state index contributed by atoms with van der Waals surface area (Å²) >= 11 is 0. The predicted molar refractivity (Wildman–Crippen MR) is 132 cm³/mol. The molecule has 1 aliphatic carbocycles. The zero-order valence-electron chi connectivity index (χ0n) is 20.5. The quantitative estimate of drug-likeness (QED) is 0.543. The van der Waals surface area contributed by atoms with Gasteiger partial charge in [0, 0.05) is 25.6 Å². The molecule has 2 aromatic rings. The second-order valence-corrected chi connectivity index (χ2v) is 10.0. The van der Waals surface area contributed by atoms with Crippen LogP contribution in [0.4, 0.5) is 0 Å². The van der Waals surface area contributed by atoms with E-state index in [1.807, 2.05) is 0 Å². The van der Waals surface area contributed by atoms with E-state index >= 15 is 0 Å². The highest BCUT2D eigenvalue weighted by molar-refractivity contribution is 5.78. The fraction of sp³-hybridized carbons (Fsp3) is 0.704. The Hall–Kier alpha value is -1.88. The lowest BCUT2D eigenvalue weighted by molar-refractivity contribution is -0.134. The lowest BCUT2D eigenvalue weighted by atomic mass is 9.94. The Morgan fingerprint density at radius 3 is 2.53 bits per heavy atom. The standard InChI is InChI=1S/C27H42N4O/c1-4-22-13-16-29(17-14-22)20-26-28-24-19-21(3)11-12-25(24)31(26)18-15-27(32)30(5-2)23-9-7-6-8-10-23/h11-12,19,22-23H,4-10,13-18,20H2,1-3H3. The van der Waals surface area contributed by atoms with Crippen LogP contribution in [-0.2, 0) is 17.9 Å². The van der Waals surface area contributed by atoms with Crippen molar-refractivity contribution >= 4 is 16.9 Å². The first-order valence-corrected chi connectivity index (χ1v) is 13.1. The molecule has 32 heavy (non-hydrogen) atoms. The van der Waals surface area contributed by atoms with Crippen molar-refractivity contribution < 1.29 is 4.79 Å². The molecule has 1 saturated heterocycles. The van der Waals surface area contributed by atoms with Crippen LogP contribution < -0.4 is 0 Å². The number of carbonyl (C=O) groups is 1. The van der Waals surface area contributed by atoms with Crippen LogP contribution in [0, 0.1) is 12.8 Å². The summed E-state index contributed by atoms with van der Waals surface area (Å²) in [6.45, 7) is 11.3. The molecule has 1 saturated carbocycles. The van der Waals surface area contributed by atoms with Gasteiger partial charge in [-0.25, -0.2) is 4.98 Å². The molecule has 2 fully saturated rings. The predicted octanol–water partition coefficient (Wildman–Crippen LogP) is 5.54. The SMILES string of the molecule is CCC1CCN(Cc2nc3cc(C)ccc3n2CCC(=O)N(CC)C2CCCCC2)CC1. The van der Waals surface area contributed by atoms with Gasteiger partial charge in [-0.05, 0) is 76.2 Å². The van der Waals surface area contributed by atoms with Gasteiger partial charge < -0.3 is 9.47 Å². The van der Waals surface area contributed by atoms with Gasteiger partial charge in [0.25, 0.3) is 0 Å². The second kappa shape index (κ2) is 10.8. The van der Waals surface area contributed by atoms with E-state index in [0.29, 0.717) is 18.4 Å². The molecule has 0 spiro atoms. The van der Waals surface area contributed by atoms with E-state index in [1.165, 1.54) is 62.4 Å². The summed E-state index contributed by atoms with van der Waals surface area (Å²) in [5, 5.41) is 0. The van der Waals surface area contributed by atoms with Crippen LogP contribution in [0.3, 0.4) is 0 Å². The van der Waals surface area contributed by atoms with Crippen LogP contribution in [0.2, 0.25) is 0 Å². The molecule has 5 nitrogen and oxygen atoms in total. The normalized spacial score (nSPS) is 19.0. The lowest BCUT2D eigenvalue weighted by Crippen LogP contribution is -2.41. The summed E-state index contributed by atoms with van der Waals surface area (Å²) in [4.78, 5) is 23.0. The topological polar surface area (TPSA) is 41.4 Å². The number of benzene rings is 1. The van der Waals surface area contributed by atoms with Crippen LogP contribution in [0.1, 0.15) is 83.0 Å². The van der Waals surface area contributed by atoms with Crippen LogP contribution in [0.25, 0.3) is 11.0 Å². The number of imidazole rings is 1. The van der Waals surface area contributed by atoms with Gasteiger partial charge in [0.15, 0.2) is 0 Å². The van der Waals surface area contributed by atoms with Gasteiger partial charge in [-0.3, -0.25) is 9.69 Å². The van der Waals surface area contributed by atoms with Gasteiger partial charge in [-0.15, -0.1) is 0 Å². The Balaban J connectivity index is 1.49. The van der Waals surface area contributed by atoms with Crippen molar-refractivity contribution in [2.45, 2.75) is 97.7 Å². The van der Waals surface area contributed by atoms with Crippen molar-refractivity contribution in [2.75, 3.05) is 19.6 Å². The minimum absolute atomic E-state index is 0.308. The molecular formula is C27H42N4O. The van der Waals surface area contributed by atoms with Crippen molar-refractivity contribution in [3.8, 4) is 0 Å². The Morgan fingerprint density at radius 2 is 1.84 bits per heavy atom. The number of carbonyl (C=O) groups excluding carboxylic acids is 1.